The van der Waals surface area contributed by atoms with E-state index in [0.29, 0.717) is 11.5 Å². The van der Waals surface area contributed by atoms with E-state index in [2.05, 4.69) is 25.7 Å². The fraction of sp³-hybridized carbons (Fsp3) is 0.100. The number of anilines is 1. The number of H-pyrrole nitrogens is 1. The molecule has 0 aliphatic carbocycles. The zero-order chi connectivity index (χ0) is 19.3. The van der Waals surface area contributed by atoms with Crippen LogP contribution in [0.4, 0.5) is 5.95 Å². The van der Waals surface area contributed by atoms with Crippen molar-refractivity contribution in [3.05, 3.63) is 75.2 Å². The first-order valence-electron chi connectivity index (χ1n) is 8.58. The summed E-state index contributed by atoms with van der Waals surface area (Å²) in [6.45, 7) is 2.24. The number of hydrazone groups is 1. The molecule has 0 spiro atoms. The molecule has 0 atom stereocenters. The van der Waals surface area contributed by atoms with Crippen molar-refractivity contribution in [2.75, 3.05) is 12.2 Å². The molecule has 8 heteroatoms. The fourth-order valence-corrected chi connectivity index (χ4v) is 2.52. The molecule has 0 fully saturated rings. The van der Waals surface area contributed by atoms with Gasteiger partial charge in [0, 0.05) is 0 Å². The van der Waals surface area contributed by atoms with E-state index >= 15 is 0 Å². The molecule has 3 aromatic rings. The van der Waals surface area contributed by atoms with Crippen molar-refractivity contribution >= 4 is 24.3 Å². The molecule has 2 aromatic carbocycles. The molecular weight excluding hydrogens is 358 g/mol. The number of aryl methyl sites for hydroxylation is 1. The van der Waals surface area contributed by atoms with Gasteiger partial charge < -0.3 is 9.47 Å². The Hall–Kier alpha value is -3.94. The van der Waals surface area contributed by atoms with Crippen molar-refractivity contribution in [2.24, 2.45) is 5.10 Å². The highest BCUT2D eigenvalue weighted by Crippen LogP contribution is 2.31. The summed E-state index contributed by atoms with van der Waals surface area (Å²) in [5, 5.41) is 11.9. The average Bonchev–Trinajstić information content (AvgIpc) is 3.16. The zero-order valence-corrected chi connectivity index (χ0v) is 15.0. The van der Waals surface area contributed by atoms with Crippen molar-refractivity contribution < 1.29 is 9.47 Å². The summed E-state index contributed by atoms with van der Waals surface area (Å²) in [5.41, 5.74) is 5.46. The largest absolute Gasteiger partial charge is 0.454 e. The van der Waals surface area contributed by atoms with Crippen LogP contribution in [0, 0.1) is 6.92 Å². The zero-order valence-electron chi connectivity index (χ0n) is 15.0. The standard InChI is InChI=1S/C20H17N5O3/c1-13-2-4-14(5-3-13)6-8-16-19(26)22-20(25-23-16)24-21-11-15-7-9-17-18(10-15)28-12-27-17/h2-11H,12H2,1H3,(H2,22,24,25,26). The number of hydrogen-bond donors (Lipinski definition) is 2. The first-order valence-corrected chi connectivity index (χ1v) is 8.58. The normalized spacial score (nSPS) is 12.8. The summed E-state index contributed by atoms with van der Waals surface area (Å²) >= 11 is 0. The Balaban J connectivity index is 1.41. The molecule has 0 amide bonds. The lowest BCUT2D eigenvalue weighted by molar-refractivity contribution is 0.174. The number of nitrogens with zero attached hydrogens (tertiary/aromatic N) is 3. The highest BCUT2D eigenvalue weighted by atomic mass is 16.7. The first-order chi connectivity index (χ1) is 13.7. The van der Waals surface area contributed by atoms with Crippen LogP contribution in [0.1, 0.15) is 22.4 Å². The summed E-state index contributed by atoms with van der Waals surface area (Å²) < 4.78 is 10.6. The molecule has 0 unspecified atom stereocenters. The lowest BCUT2D eigenvalue weighted by Gasteiger charge is -2.00. The number of ether oxygens (including phenoxy) is 2. The molecule has 28 heavy (non-hydrogen) atoms. The molecule has 2 N–H and O–H groups in total. The van der Waals surface area contributed by atoms with E-state index < -0.39 is 0 Å². The third-order valence-corrected chi connectivity index (χ3v) is 4.01. The van der Waals surface area contributed by atoms with Gasteiger partial charge in [0.2, 0.25) is 12.7 Å². The number of aromatic amines is 1. The molecule has 0 saturated heterocycles. The summed E-state index contributed by atoms with van der Waals surface area (Å²) in [4.78, 5) is 14.7. The Labute approximate surface area is 160 Å². The van der Waals surface area contributed by atoms with E-state index in [4.69, 9.17) is 9.47 Å². The molecule has 2 heterocycles. The average molecular weight is 375 g/mol. The molecule has 0 saturated carbocycles. The van der Waals surface area contributed by atoms with Crippen LogP contribution in [-0.2, 0) is 0 Å². The smallest absolute Gasteiger partial charge is 0.278 e. The van der Waals surface area contributed by atoms with E-state index in [1.165, 1.54) is 5.56 Å². The van der Waals surface area contributed by atoms with E-state index in [1.807, 2.05) is 43.3 Å². The summed E-state index contributed by atoms with van der Waals surface area (Å²) in [6.07, 6.45) is 5.01. The van der Waals surface area contributed by atoms with E-state index in [9.17, 15) is 4.79 Å². The van der Waals surface area contributed by atoms with E-state index in [1.54, 1.807) is 24.4 Å². The van der Waals surface area contributed by atoms with Crippen LogP contribution in [0.2, 0.25) is 0 Å². The lowest BCUT2D eigenvalue weighted by Crippen LogP contribution is -2.15. The third kappa shape index (κ3) is 4.07. The van der Waals surface area contributed by atoms with Crippen molar-refractivity contribution in [3.63, 3.8) is 0 Å². The van der Waals surface area contributed by atoms with Gasteiger partial charge in [0.15, 0.2) is 17.2 Å². The quantitative estimate of drug-likeness (QED) is 0.525. The van der Waals surface area contributed by atoms with Gasteiger partial charge >= 0.3 is 0 Å². The van der Waals surface area contributed by atoms with Gasteiger partial charge in [-0.25, -0.2) is 5.43 Å². The van der Waals surface area contributed by atoms with Gasteiger partial charge in [-0.1, -0.05) is 35.9 Å². The van der Waals surface area contributed by atoms with Crippen LogP contribution in [0.5, 0.6) is 11.5 Å². The maximum atomic E-state index is 12.1. The van der Waals surface area contributed by atoms with Crippen LogP contribution in [-0.4, -0.2) is 28.2 Å². The van der Waals surface area contributed by atoms with Gasteiger partial charge in [-0.2, -0.15) is 5.10 Å². The van der Waals surface area contributed by atoms with Crippen molar-refractivity contribution in [1.82, 2.24) is 15.2 Å². The van der Waals surface area contributed by atoms with Gasteiger partial charge in [-0.3, -0.25) is 9.78 Å². The number of rotatable bonds is 5. The minimum absolute atomic E-state index is 0.148. The Morgan fingerprint density at radius 2 is 1.82 bits per heavy atom. The number of benzene rings is 2. The lowest BCUT2D eigenvalue weighted by atomic mass is 10.1. The monoisotopic (exact) mass is 375 g/mol. The van der Waals surface area contributed by atoms with Crippen molar-refractivity contribution in [2.45, 2.75) is 6.92 Å². The Kier molecular flexibility index (Phi) is 4.83. The molecule has 1 aliphatic rings. The molecule has 0 bridgehead atoms. The number of aromatic nitrogens is 3. The fourth-order valence-electron chi connectivity index (χ4n) is 2.52. The molecular formula is C20H17N5O3. The van der Waals surface area contributed by atoms with Crippen LogP contribution in [0.3, 0.4) is 0 Å². The number of hydrogen-bond acceptors (Lipinski definition) is 7. The molecule has 4 rings (SSSR count). The highest BCUT2D eigenvalue weighted by molar-refractivity contribution is 5.81. The van der Waals surface area contributed by atoms with Crippen LogP contribution < -0.4 is 20.5 Å². The highest BCUT2D eigenvalue weighted by Gasteiger charge is 2.12. The van der Waals surface area contributed by atoms with Crippen LogP contribution in [0.15, 0.2) is 52.4 Å². The number of fused-ring (bicyclic) bond motifs is 1. The van der Waals surface area contributed by atoms with Crippen molar-refractivity contribution in [3.8, 4) is 11.5 Å². The minimum Gasteiger partial charge on any atom is -0.454 e. The van der Waals surface area contributed by atoms with Crippen LogP contribution >= 0.6 is 0 Å². The van der Waals surface area contributed by atoms with Gasteiger partial charge in [-0.15, -0.1) is 10.2 Å². The Morgan fingerprint density at radius 1 is 1.04 bits per heavy atom. The van der Waals surface area contributed by atoms with E-state index in [0.717, 1.165) is 11.1 Å². The minimum atomic E-state index is -0.362. The van der Waals surface area contributed by atoms with Gasteiger partial charge in [-0.05, 0) is 42.3 Å². The van der Waals surface area contributed by atoms with Gasteiger partial charge in [0.1, 0.15) is 0 Å². The third-order valence-electron chi connectivity index (χ3n) is 4.01. The van der Waals surface area contributed by atoms with Gasteiger partial charge in [0.25, 0.3) is 5.56 Å². The summed E-state index contributed by atoms with van der Waals surface area (Å²) in [5.74, 6) is 1.52. The second-order valence-electron chi connectivity index (χ2n) is 6.11. The predicted molar refractivity (Wildman–Crippen MR) is 107 cm³/mol. The number of nitrogens with one attached hydrogen (secondary N) is 2. The second-order valence-corrected chi connectivity index (χ2v) is 6.11. The van der Waals surface area contributed by atoms with E-state index in [-0.39, 0.29) is 24.0 Å². The SMILES string of the molecule is Cc1ccc(C=Cc2nnc(NN=Cc3ccc4c(c3)OCO4)[nH]c2=O)cc1. The van der Waals surface area contributed by atoms with Gasteiger partial charge in [0.05, 0.1) is 6.21 Å². The summed E-state index contributed by atoms with van der Waals surface area (Å²) in [6, 6.07) is 13.4. The van der Waals surface area contributed by atoms with Crippen molar-refractivity contribution in [1.29, 1.82) is 0 Å². The summed E-state index contributed by atoms with van der Waals surface area (Å²) in [7, 11) is 0. The first kappa shape index (κ1) is 17.5. The maximum absolute atomic E-state index is 12.1. The predicted octanol–water partition coefficient (Wildman–Crippen LogP) is 2.82. The molecule has 0 radical (unpaired) electrons. The topological polar surface area (TPSA) is 101 Å². The Morgan fingerprint density at radius 3 is 2.64 bits per heavy atom. The van der Waals surface area contributed by atoms with Crippen LogP contribution in [0.25, 0.3) is 12.2 Å². The molecule has 140 valence electrons. The second kappa shape index (κ2) is 7.75. The molecule has 1 aromatic heterocycles. The molecule has 1 aliphatic heterocycles. The maximum Gasteiger partial charge on any atom is 0.278 e. The molecule has 8 nitrogen and oxygen atoms in total. The Bertz CT molecular complexity index is 1100.